The number of hydrogen-bond acceptors (Lipinski definition) is 9. The molecule has 2 atom stereocenters. The highest BCUT2D eigenvalue weighted by Gasteiger charge is 2.42. The van der Waals surface area contributed by atoms with E-state index in [0.29, 0.717) is 10.9 Å². The number of hydrogen-bond donors (Lipinski definition) is 2. The lowest BCUT2D eigenvalue weighted by molar-refractivity contribution is -0.155. The summed E-state index contributed by atoms with van der Waals surface area (Å²) >= 11 is 0. The van der Waals surface area contributed by atoms with E-state index in [-0.39, 0.29) is 28.6 Å². The van der Waals surface area contributed by atoms with Gasteiger partial charge in [-0.25, -0.2) is 9.59 Å². The van der Waals surface area contributed by atoms with Crippen LogP contribution >= 0.6 is 0 Å². The molecule has 3 aromatic rings. The topological polar surface area (TPSA) is 125 Å². The minimum Gasteiger partial charge on any atom is -0.504 e. The van der Waals surface area contributed by atoms with Crippen LogP contribution in [-0.2, 0) is 9.53 Å². The first-order valence-electron chi connectivity index (χ1n) is 8.50. The molecule has 9 nitrogen and oxygen atoms in total. The Morgan fingerprint density at radius 2 is 1.79 bits per heavy atom. The summed E-state index contributed by atoms with van der Waals surface area (Å²) in [5, 5.41) is 19.9. The average molecular weight is 400 g/mol. The van der Waals surface area contributed by atoms with Crippen LogP contribution in [0.2, 0.25) is 0 Å². The normalized spacial score (nSPS) is 17.7. The molecule has 0 bridgehead atoms. The molecule has 4 rings (SSSR count). The molecule has 9 heteroatoms. The third-order valence-electron chi connectivity index (χ3n) is 4.53. The second kappa shape index (κ2) is 6.93. The predicted octanol–water partition coefficient (Wildman–Crippen LogP) is 2.27. The number of esters is 1. The van der Waals surface area contributed by atoms with Gasteiger partial charge in [0.2, 0.25) is 17.6 Å². The Morgan fingerprint density at radius 1 is 1.00 bits per heavy atom. The Balaban J connectivity index is 1.92. The molecule has 2 unspecified atom stereocenters. The van der Waals surface area contributed by atoms with Crippen LogP contribution in [-0.4, -0.2) is 36.5 Å². The number of carbonyl (C=O) groups excluding carboxylic acids is 1. The van der Waals surface area contributed by atoms with E-state index < -0.39 is 29.6 Å². The van der Waals surface area contributed by atoms with Crippen molar-refractivity contribution < 1.29 is 38.4 Å². The van der Waals surface area contributed by atoms with Crippen molar-refractivity contribution in [2.24, 2.45) is 0 Å². The quantitative estimate of drug-likeness (QED) is 0.387. The number of benzene rings is 2. The fraction of sp³-hybridized carbons (Fsp3) is 0.200. The molecule has 0 spiro atoms. The van der Waals surface area contributed by atoms with Gasteiger partial charge in [-0.3, -0.25) is 0 Å². The number of methoxy groups -OCH3 is 2. The molecule has 29 heavy (non-hydrogen) atoms. The summed E-state index contributed by atoms with van der Waals surface area (Å²) in [6.07, 6.45) is -2.32. The van der Waals surface area contributed by atoms with E-state index in [2.05, 4.69) is 0 Å². The molecule has 0 aliphatic carbocycles. The van der Waals surface area contributed by atoms with E-state index in [1.807, 2.05) is 0 Å². The molecule has 0 saturated heterocycles. The van der Waals surface area contributed by atoms with Gasteiger partial charge in [-0.2, -0.15) is 0 Å². The third-order valence-corrected chi connectivity index (χ3v) is 4.53. The number of carbonyl (C=O) groups is 1. The van der Waals surface area contributed by atoms with Crippen LogP contribution < -0.4 is 19.8 Å². The fourth-order valence-electron chi connectivity index (χ4n) is 3.14. The van der Waals surface area contributed by atoms with E-state index in [0.717, 1.165) is 0 Å². The number of rotatable bonds is 3. The molecule has 150 valence electrons. The van der Waals surface area contributed by atoms with Crippen LogP contribution in [0.1, 0.15) is 11.7 Å². The highest BCUT2D eigenvalue weighted by atomic mass is 16.6. The van der Waals surface area contributed by atoms with Crippen LogP contribution in [0.25, 0.3) is 11.0 Å². The van der Waals surface area contributed by atoms with E-state index >= 15 is 0 Å². The molecular formula is C20H16O9. The maximum absolute atomic E-state index is 12.4. The molecule has 1 aliphatic rings. The van der Waals surface area contributed by atoms with Crippen LogP contribution in [0, 0.1) is 0 Å². The Labute approximate surface area is 163 Å². The van der Waals surface area contributed by atoms with Crippen molar-refractivity contribution in [2.45, 2.75) is 12.2 Å². The summed E-state index contributed by atoms with van der Waals surface area (Å²) in [6.45, 7) is 0. The number of fused-ring (bicyclic) bond motifs is 3. The van der Waals surface area contributed by atoms with Crippen molar-refractivity contribution >= 4 is 16.9 Å². The second-order valence-electron chi connectivity index (χ2n) is 6.26. The molecule has 0 fully saturated rings. The molecular weight excluding hydrogens is 384 g/mol. The zero-order valence-electron chi connectivity index (χ0n) is 15.4. The molecule has 2 aromatic carbocycles. The SMILES string of the molecule is COC(=O)C1Oc2c(c(OC)cc3ccc(=O)oc23)OC1c1ccc(O)c(O)c1. The van der Waals surface area contributed by atoms with Crippen LogP contribution in [0.5, 0.6) is 28.7 Å². The minimum atomic E-state index is -1.28. The molecule has 0 radical (unpaired) electrons. The van der Waals surface area contributed by atoms with Crippen molar-refractivity contribution in [3.8, 4) is 28.7 Å². The van der Waals surface area contributed by atoms with Gasteiger partial charge in [-0.05, 0) is 24.3 Å². The second-order valence-corrected chi connectivity index (χ2v) is 6.26. The largest absolute Gasteiger partial charge is 0.504 e. The Kier molecular flexibility index (Phi) is 4.42. The van der Waals surface area contributed by atoms with Crippen molar-refractivity contribution in [1.29, 1.82) is 0 Å². The van der Waals surface area contributed by atoms with Gasteiger partial charge in [0.1, 0.15) is 0 Å². The molecule has 2 N–H and O–H groups in total. The van der Waals surface area contributed by atoms with Gasteiger partial charge in [0, 0.05) is 17.0 Å². The lowest BCUT2D eigenvalue weighted by Crippen LogP contribution is -2.40. The fourth-order valence-corrected chi connectivity index (χ4v) is 3.14. The lowest BCUT2D eigenvalue weighted by Gasteiger charge is -2.33. The third kappa shape index (κ3) is 3.06. The van der Waals surface area contributed by atoms with Crippen LogP contribution in [0.15, 0.2) is 45.6 Å². The maximum atomic E-state index is 12.4. The first-order valence-corrected chi connectivity index (χ1v) is 8.50. The zero-order valence-corrected chi connectivity index (χ0v) is 15.4. The number of phenolic OH excluding ortho intramolecular Hbond substituents is 2. The summed E-state index contributed by atoms with van der Waals surface area (Å²) in [5.74, 6) is -1.04. The first kappa shape index (κ1) is 18.5. The molecule has 1 aromatic heterocycles. The van der Waals surface area contributed by atoms with Gasteiger partial charge in [0.15, 0.2) is 28.9 Å². The van der Waals surface area contributed by atoms with E-state index in [1.54, 1.807) is 6.07 Å². The van der Waals surface area contributed by atoms with Gasteiger partial charge in [0.25, 0.3) is 0 Å². The summed E-state index contributed by atoms with van der Waals surface area (Å²) in [7, 11) is 2.62. The highest BCUT2D eigenvalue weighted by molar-refractivity contribution is 5.89. The summed E-state index contributed by atoms with van der Waals surface area (Å²) in [6, 6.07) is 8.36. The minimum absolute atomic E-state index is 0.0201. The van der Waals surface area contributed by atoms with Gasteiger partial charge in [-0.1, -0.05) is 6.07 Å². The van der Waals surface area contributed by atoms with Crippen molar-refractivity contribution in [3.05, 3.63) is 52.4 Å². The van der Waals surface area contributed by atoms with Crippen LogP contribution in [0.3, 0.4) is 0 Å². The monoisotopic (exact) mass is 400 g/mol. The van der Waals surface area contributed by atoms with E-state index in [1.165, 1.54) is 44.6 Å². The summed E-state index contributed by atoms with van der Waals surface area (Å²) in [4.78, 5) is 24.1. The summed E-state index contributed by atoms with van der Waals surface area (Å²) in [5.41, 5.74) is -0.166. The van der Waals surface area contributed by atoms with Crippen molar-refractivity contribution in [2.75, 3.05) is 14.2 Å². The molecule has 1 aliphatic heterocycles. The molecule has 0 saturated carbocycles. The van der Waals surface area contributed by atoms with Gasteiger partial charge < -0.3 is 33.6 Å². The van der Waals surface area contributed by atoms with Gasteiger partial charge >= 0.3 is 11.6 Å². The van der Waals surface area contributed by atoms with Crippen molar-refractivity contribution in [1.82, 2.24) is 0 Å². The first-order chi connectivity index (χ1) is 13.9. The van der Waals surface area contributed by atoms with E-state index in [4.69, 9.17) is 23.4 Å². The zero-order chi connectivity index (χ0) is 20.7. The average Bonchev–Trinajstić information content (AvgIpc) is 2.73. The Bertz CT molecular complexity index is 1160. The Morgan fingerprint density at radius 3 is 2.48 bits per heavy atom. The number of phenols is 2. The maximum Gasteiger partial charge on any atom is 0.351 e. The Hall–Kier alpha value is -3.88. The standard InChI is InChI=1S/C20H16O9/c1-25-13-8-10-4-6-14(23)27-15(10)18-17(13)28-16(19(29-18)20(24)26-2)9-3-5-11(21)12(22)7-9/h3-8,16,19,21-22H,1-2H3. The lowest BCUT2D eigenvalue weighted by atomic mass is 10.0. The number of aromatic hydroxyl groups is 2. The van der Waals surface area contributed by atoms with Crippen molar-refractivity contribution in [3.63, 3.8) is 0 Å². The predicted molar refractivity (Wildman–Crippen MR) is 98.6 cm³/mol. The number of ether oxygens (including phenoxy) is 4. The van der Waals surface area contributed by atoms with E-state index in [9.17, 15) is 19.8 Å². The smallest absolute Gasteiger partial charge is 0.351 e. The summed E-state index contributed by atoms with van der Waals surface area (Å²) < 4.78 is 27.3. The molecule has 0 amide bonds. The van der Waals surface area contributed by atoms with Gasteiger partial charge in [-0.15, -0.1) is 0 Å². The van der Waals surface area contributed by atoms with Crippen LogP contribution in [0.4, 0.5) is 0 Å². The van der Waals surface area contributed by atoms with Gasteiger partial charge in [0.05, 0.1) is 14.2 Å². The highest BCUT2D eigenvalue weighted by Crippen LogP contribution is 2.50. The molecule has 2 heterocycles.